The van der Waals surface area contributed by atoms with E-state index in [9.17, 15) is 13.2 Å². The number of benzene rings is 1. The Morgan fingerprint density at radius 2 is 1.86 bits per heavy atom. The van der Waals surface area contributed by atoms with Gasteiger partial charge >= 0.3 is 6.18 Å². The number of halogens is 4. The third kappa shape index (κ3) is 8.11. The lowest BCUT2D eigenvalue weighted by Gasteiger charge is -2.15. The molecule has 1 aromatic heterocycles. The fourth-order valence-electron chi connectivity index (χ4n) is 2.71. The van der Waals surface area contributed by atoms with Gasteiger partial charge in [0.15, 0.2) is 5.96 Å². The molecule has 0 aliphatic carbocycles. The molecule has 0 radical (unpaired) electrons. The summed E-state index contributed by atoms with van der Waals surface area (Å²) in [6.45, 7) is 5.87. The highest BCUT2D eigenvalue weighted by atomic mass is 127. The molecular weight excluding hydrogens is 498 g/mol. The van der Waals surface area contributed by atoms with Gasteiger partial charge in [-0.15, -0.1) is 24.0 Å². The number of nitrogens with zero attached hydrogens (tertiary/aromatic N) is 3. The van der Waals surface area contributed by atoms with E-state index in [0.29, 0.717) is 19.0 Å². The van der Waals surface area contributed by atoms with Crippen molar-refractivity contribution in [1.82, 2.24) is 20.4 Å². The van der Waals surface area contributed by atoms with Gasteiger partial charge in [0.25, 0.3) is 0 Å². The molecule has 2 N–H and O–H groups in total. The van der Waals surface area contributed by atoms with Crippen molar-refractivity contribution < 1.29 is 17.9 Å². The molecule has 2 aromatic rings. The SMILES string of the molecule is CN=C(NCCCn1nc(C)cc1C)NCCOc1ccccc1C(F)(F)F.I. The summed E-state index contributed by atoms with van der Waals surface area (Å²) < 4.78 is 46.0. The maximum Gasteiger partial charge on any atom is 0.419 e. The van der Waals surface area contributed by atoms with E-state index in [1.807, 2.05) is 24.6 Å². The van der Waals surface area contributed by atoms with Crippen LogP contribution in [-0.2, 0) is 12.7 Å². The van der Waals surface area contributed by atoms with Gasteiger partial charge in [0.2, 0.25) is 0 Å². The number of nitrogens with one attached hydrogen (secondary N) is 2. The lowest BCUT2D eigenvalue weighted by molar-refractivity contribution is -0.138. The first-order valence-corrected chi connectivity index (χ1v) is 9.06. The predicted molar refractivity (Wildman–Crippen MR) is 118 cm³/mol. The number of hydrogen-bond donors (Lipinski definition) is 2. The molecule has 0 aliphatic heterocycles. The molecule has 1 heterocycles. The Morgan fingerprint density at radius 1 is 1.17 bits per heavy atom. The molecule has 0 spiro atoms. The fourth-order valence-corrected chi connectivity index (χ4v) is 2.71. The van der Waals surface area contributed by atoms with Crippen LogP contribution in [0.5, 0.6) is 5.75 Å². The van der Waals surface area contributed by atoms with Crippen molar-refractivity contribution in [2.45, 2.75) is 33.0 Å². The third-order valence-corrected chi connectivity index (χ3v) is 4.01. The summed E-state index contributed by atoms with van der Waals surface area (Å²) in [5.41, 5.74) is 1.34. The van der Waals surface area contributed by atoms with Gasteiger partial charge in [-0.3, -0.25) is 9.67 Å². The zero-order valence-corrected chi connectivity index (χ0v) is 19.0. The third-order valence-electron chi connectivity index (χ3n) is 4.01. The second kappa shape index (κ2) is 11.9. The largest absolute Gasteiger partial charge is 0.491 e. The standard InChI is InChI=1S/C19H26F3N5O.HI/c1-14-13-15(2)27(26-14)11-6-9-24-18(23-3)25-10-12-28-17-8-5-4-7-16(17)19(20,21)22;/h4-5,7-8,13H,6,9-12H2,1-3H3,(H2,23,24,25);1H. The van der Waals surface area contributed by atoms with E-state index in [4.69, 9.17) is 4.74 Å². The van der Waals surface area contributed by atoms with Crippen LogP contribution >= 0.6 is 24.0 Å². The van der Waals surface area contributed by atoms with Gasteiger partial charge in [0.1, 0.15) is 12.4 Å². The summed E-state index contributed by atoms with van der Waals surface area (Å²) in [5, 5.41) is 10.6. The van der Waals surface area contributed by atoms with Crippen molar-refractivity contribution in [2.24, 2.45) is 4.99 Å². The Morgan fingerprint density at radius 3 is 2.48 bits per heavy atom. The number of aromatic nitrogens is 2. The summed E-state index contributed by atoms with van der Waals surface area (Å²) in [5.74, 6) is 0.394. The minimum absolute atomic E-state index is 0. The number of ether oxygens (including phenoxy) is 1. The lowest BCUT2D eigenvalue weighted by Crippen LogP contribution is -2.40. The summed E-state index contributed by atoms with van der Waals surface area (Å²) in [6, 6.07) is 7.21. The van der Waals surface area contributed by atoms with Gasteiger partial charge in [-0.2, -0.15) is 18.3 Å². The normalized spacial score (nSPS) is 11.7. The second-order valence-electron chi connectivity index (χ2n) is 6.27. The quantitative estimate of drug-likeness (QED) is 0.239. The summed E-state index contributed by atoms with van der Waals surface area (Å²) >= 11 is 0. The van der Waals surface area contributed by atoms with Crippen LogP contribution in [0.4, 0.5) is 13.2 Å². The van der Waals surface area contributed by atoms with E-state index in [-0.39, 0.29) is 36.3 Å². The number of rotatable bonds is 8. The Kier molecular flexibility index (Phi) is 10.3. The molecule has 0 unspecified atom stereocenters. The maximum absolute atomic E-state index is 12.9. The van der Waals surface area contributed by atoms with Crippen LogP contribution in [0.3, 0.4) is 0 Å². The number of guanidine groups is 1. The molecule has 0 fully saturated rings. The number of alkyl halides is 3. The first-order chi connectivity index (χ1) is 13.3. The Hall–Kier alpha value is -1.98. The summed E-state index contributed by atoms with van der Waals surface area (Å²) in [6.07, 6.45) is -3.58. The van der Waals surface area contributed by atoms with Crippen molar-refractivity contribution in [3.8, 4) is 5.75 Å². The van der Waals surface area contributed by atoms with Crippen LogP contribution < -0.4 is 15.4 Å². The zero-order valence-electron chi connectivity index (χ0n) is 16.7. The highest BCUT2D eigenvalue weighted by Crippen LogP contribution is 2.35. The minimum atomic E-state index is -4.44. The fraction of sp³-hybridized carbons (Fsp3) is 0.474. The highest BCUT2D eigenvalue weighted by molar-refractivity contribution is 14.0. The molecule has 0 amide bonds. The molecule has 0 atom stereocenters. The van der Waals surface area contributed by atoms with E-state index in [2.05, 4.69) is 20.7 Å². The minimum Gasteiger partial charge on any atom is -0.491 e. The average Bonchev–Trinajstić information content (AvgIpc) is 2.97. The van der Waals surface area contributed by atoms with Crippen LogP contribution in [0.25, 0.3) is 0 Å². The van der Waals surface area contributed by atoms with E-state index >= 15 is 0 Å². The van der Waals surface area contributed by atoms with Crippen LogP contribution in [0.1, 0.15) is 23.4 Å². The number of aliphatic imine (C=N–C) groups is 1. The highest BCUT2D eigenvalue weighted by Gasteiger charge is 2.33. The van der Waals surface area contributed by atoms with Crippen molar-refractivity contribution in [2.75, 3.05) is 26.7 Å². The summed E-state index contributed by atoms with van der Waals surface area (Å²) in [7, 11) is 1.64. The van der Waals surface area contributed by atoms with Gasteiger partial charge in [-0.25, -0.2) is 0 Å². The first-order valence-electron chi connectivity index (χ1n) is 9.06. The van der Waals surface area contributed by atoms with E-state index < -0.39 is 11.7 Å². The van der Waals surface area contributed by atoms with Gasteiger partial charge in [-0.05, 0) is 38.5 Å². The number of aryl methyl sites for hydroxylation is 3. The van der Waals surface area contributed by atoms with Gasteiger partial charge in [0.05, 0.1) is 17.8 Å². The maximum atomic E-state index is 12.9. The van der Waals surface area contributed by atoms with Crippen molar-refractivity contribution in [3.63, 3.8) is 0 Å². The molecule has 0 bridgehead atoms. The molecule has 10 heteroatoms. The lowest BCUT2D eigenvalue weighted by atomic mass is 10.2. The van der Waals surface area contributed by atoms with E-state index in [1.165, 1.54) is 18.2 Å². The molecule has 29 heavy (non-hydrogen) atoms. The topological polar surface area (TPSA) is 63.5 Å². The van der Waals surface area contributed by atoms with Gasteiger partial charge in [-0.1, -0.05) is 12.1 Å². The molecule has 0 saturated carbocycles. The van der Waals surface area contributed by atoms with E-state index in [1.54, 1.807) is 7.05 Å². The van der Waals surface area contributed by atoms with Crippen molar-refractivity contribution >= 4 is 29.9 Å². The molecule has 1 aromatic carbocycles. The molecule has 162 valence electrons. The van der Waals surface area contributed by atoms with Crippen molar-refractivity contribution in [3.05, 3.63) is 47.3 Å². The zero-order chi connectivity index (χ0) is 20.6. The van der Waals surface area contributed by atoms with Gasteiger partial charge < -0.3 is 15.4 Å². The second-order valence-corrected chi connectivity index (χ2v) is 6.27. The molecule has 0 saturated heterocycles. The number of hydrogen-bond acceptors (Lipinski definition) is 3. The summed E-state index contributed by atoms with van der Waals surface area (Å²) in [4.78, 5) is 4.09. The Bertz CT molecular complexity index is 792. The Labute approximate surface area is 185 Å². The van der Waals surface area contributed by atoms with Crippen LogP contribution in [0.2, 0.25) is 0 Å². The molecular formula is C19H27F3IN5O. The van der Waals surface area contributed by atoms with Crippen LogP contribution in [0, 0.1) is 13.8 Å². The van der Waals surface area contributed by atoms with Crippen molar-refractivity contribution in [1.29, 1.82) is 0 Å². The van der Waals surface area contributed by atoms with Crippen LogP contribution in [-0.4, -0.2) is 42.5 Å². The first kappa shape index (κ1) is 25.1. The Balaban J connectivity index is 0.00000420. The predicted octanol–water partition coefficient (Wildman–Crippen LogP) is 3.77. The van der Waals surface area contributed by atoms with Gasteiger partial charge in [0, 0.05) is 25.8 Å². The van der Waals surface area contributed by atoms with Crippen LogP contribution in [0.15, 0.2) is 35.3 Å². The molecule has 0 aliphatic rings. The number of para-hydroxylation sites is 1. The molecule has 6 nitrogen and oxygen atoms in total. The smallest absolute Gasteiger partial charge is 0.419 e. The average molecular weight is 525 g/mol. The molecule has 2 rings (SSSR count). The monoisotopic (exact) mass is 525 g/mol. The van der Waals surface area contributed by atoms with E-state index in [0.717, 1.165) is 30.4 Å².